The number of sulfonamides is 1. The van der Waals surface area contributed by atoms with E-state index in [1.807, 2.05) is 18.2 Å². The second-order valence-electron chi connectivity index (χ2n) is 9.44. The van der Waals surface area contributed by atoms with Crippen molar-refractivity contribution in [1.82, 2.24) is 14.7 Å². The summed E-state index contributed by atoms with van der Waals surface area (Å²) in [5, 5.41) is 0. The summed E-state index contributed by atoms with van der Waals surface area (Å²) in [7, 11) is -3.31. The van der Waals surface area contributed by atoms with Gasteiger partial charge in [0.05, 0.1) is 19.5 Å². The van der Waals surface area contributed by atoms with Crippen molar-refractivity contribution in [3.8, 4) is 0 Å². The second kappa shape index (κ2) is 10.1. The van der Waals surface area contributed by atoms with Crippen LogP contribution in [0.25, 0.3) is 0 Å². The third-order valence-corrected chi connectivity index (χ3v) is 9.17. The van der Waals surface area contributed by atoms with Gasteiger partial charge in [0.1, 0.15) is 11.4 Å². The van der Waals surface area contributed by atoms with E-state index in [-0.39, 0.29) is 5.41 Å². The third kappa shape index (κ3) is 5.54. The van der Waals surface area contributed by atoms with Crippen LogP contribution in [0.1, 0.15) is 36.9 Å². The van der Waals surface area contributed by atoms with Crippen LogP contribution in [0, 0.1) is 0 Å². The van der Waals surface area contributed by atoms with Crippen molar-refractivity contribution in [2.45, 2.75) is 42.4 Å². The maximum Gasteiger partial charge on any atom is 0.227 e. The molecule has 0 amide bonds. The molecule has 9 nitrogen and oxygen atoms in total. The molecule has 1 atom stereocenters. The van der Waals surface area contributed by atoms with E-state index >= 15 is 0 Å². The number of aromatic nitrogens is 2. The predicted octanol–water partition coefficient (Wildman–Crippen LogP) is 2.11. The van der Waals surface area contributed by atoms with Gasteiger partial charge < -0.3 is 14.2 Å². The molecule has 1 unspecified atom stereocenters. The molecule has 4 heterocycles. The van der Waals surface area contributed by atoms with Gasteiger partial charge in [0, 0.05) is 50.0 Å². The number of anilines is 1. The summed E-state index contributed by atoms with van der Waals surface area (Å²) >= 11 is -1.12. The van der Waals surface area contributed by atoms with E-state index in [1.54, 1.807) is 0 Å². The first-order chi connectivity index (χ1) is 16.8. The Kier molecular flexibility index (Phi) is 7.13. The first-order valence-corrected chi connectivity index (χ1v) is 15.2. The molecule has 0 saturated carbocycles. The molecule has 1 aromatic carbocycles. The van der Waals surface area contributed by atoms with Crippen LogP contribution in [-0.2, 0) is 37.8 Å². The smallest absolute Gasteiger partial charge is 0.227 e. The maximum atomic E-state index is 12.7. The number of piperidine rings is 1. The number of rotatable bonds is 6. The van der Waals surface area contributed by atoms with Crippen LogP contribution in [-0.4, -0.2) is 73.5 Å². The Labute approximate surface area is 209 Å². The molecule has 5 rings (SSSR count). The lowest BCUT2D eigenvalue weighted by Gasteiger charge is -2.42. The zero-order valence-corrected chi connectivity index (χ0v) is 21.5. The number of aliphatic imine (C=N–C) groups is 1. The molecule has 2 saturated heterocycles. The van der Waals surface area contributed by atoms with Crippen molar-refractivity contribution in [1.29, 1.82) is 0 Å². The Balaban J connectivity index is 1.41. The van der Waals surface area contributed by atoms with Crippen molar-refractivity contribution in [3.63, 3.8) is 0 Å². The first kappa shape index (κ1) is 24.6. The molecule has 188 valence electrons. The summed E-state index contributed by atoms with van der Waals surface area (Å²) in [6.45, 7) is 3.03. The van der Waals surface area contributed by atoms with E-state index in [0.717, 1.165) is 42.7 Å². The minimum atomic E-state index is -3.31. The summed E-state index contributed by atoms with van der Waals surface area (Å²) < 4.78 is 44.6. The lowest BCUT2D eigenvalue weighted by Crippen LogP contribution is -2.49. The number of fused-ring (bicyclic) bond motifs is 1. The second-order valence-corrected chi connectivity index (χ2v) is 12.8. The predicted molar refractivity (Wildman–Crippen MR) is 137 cm³/mol. The van der Waals surface area contributed by atoms with Crippen molar-refractivity contribution in [3.05, 3.63) is 41.6 Å². The van der Waals surface area contributed by atoms with Gasteiger partial charge in [-0.25, -0.2) is 23.1 Å². The minimum absolute atomic E-state index is 0.301. The highest BCUT2D eigenvalue weighted by Gasteiger charge is 2.39. The number of nitrogens with one attached hydrogen (secondary N) is 1. The Morgan fingerprint density at radius 2 is 1.86 bits per heavy atom. The Bertz CT molecular complexity index is 1190. The summed E-state index contributed by atoms with van der Waals surface area (Å²) in [6, 6.07) is 10.1. The van der Waals surface area contributed by atoms with Crippen LogP contribution < -0.4 is 9.62 Å². The summed E-state index contributed by atoms with van der Waals surface area (Å²) in [5.41, 5.74) is 2.69. The fraction of sp³-hybridized carbons (Fsp3) is 0.542. The molecule has 2 fully saturated rings. The van der Waals surface area contributed by atoms with Gasteiger partial charge in [0.2, 0.25) is 26.7 Å². The van der Waals surface area contributed by atoms with Crippen LogP contribution in [0.15, 0.2) is 40.2 Å². The van der Waals surface area contributed by atoms with Crippen LogP contribution in [0.3, 0.4) is 0 Å². The van der Waals surface area contributed by atoms with Gasteiger partial charge in [-0.2, -0.15) is 4.98 Å². The van der Waals surface area contributed by atoms with E-state index < -0.39 is 21.2 Å². The zero-order valence-electron chi connectivity index (χ0n) is 19.9. The number of ether oxygens (including phenoxy) is 1. The highest BCUT2D eigenvalue weighted by Crippen LogP contribution is 2.38. The molecular weight excluding hydrogens is 486 g/mol. The van der Waals surface area contributed by atoms with Gasteiger partial charge in [0.25, 0.3) is 0 Å². The van der Waals surface area contributed by atoms with Crippen LogP contribution >= 0.6 is 0 Å². The maximum absolute atomic E-state index is 12.7. The Hall–Kier alpha value is -2.05. The lowest BCUT2D eigenvalue weighted by atomic mass is 9.73. The number of hydrogen-bond donors (Lipinski definition) is 1. The van der Waals surface area contributed by atoms with E-state index in [2.05, 4.69) is 21.8 Å². The molecule has 0 aliphatic carbocycles. The summed E-state index contributed by atoms with van der Waals surface area (Å²) in [5.74, 6) is 1.71. The van der Waals surface area contributed by atoms with E-state index in [4.69, 9.17) is 19.7 Å². The van der Waals surface area contributed by atoms with Crippen molar-refractivity contribution in [2.24, 2.45) is 4.99 Å². The molecule has 0 bridgehead atoms. The highest BCUT2D eigenvalue weighted by molar-refractivity contribution is 7.91. The molecule has 2 aromatic rings. The zero-order chi connectivity index (χ0) is 24.5. The van der Waals surface area contributed by atoms with Crippen molar-refractivity contribution >= 4 is 38.7 Å². The van der Waals surface area contributed by atoms with Gasteiger partial charge >= 0.3 is 0 Å². The molecule has 0 radical (unpaired) electrons. The average molecular weight is 518 g/mol. The molecular formula is C24H31N5O4S2. The quantitative estimate of drug-likeness (QED) is 0.583. The largest absolute Gasteiger partial charge is 0.611 e. The van der Waals surface area contributed by atoms with Crippen LogP contribution in [0.5, 0.6) is 0 Å². The first-order valence-electron chi connectivity index (χ1n) is 12.0. The van der Waals surface area contributed by atoms with Gasteiger partial charge in [-0.3, -0.25) is 0 Å². The SMILES string of the molecule is CS(=O)(=O)NCC1(c2ccccc2)CCN(c2nc3c(c(N=C4CCOCC4)n2)[S+]([O-])CC3)CC1. The normalized spacial score (nSPS) is 22.2. The number of nitrogens with zero attached hydrogens (tertiary/aromatic N) is 4. The van der Waals surface area contributed by atoms with Gasteiger partial charge in [-0.15, -0.1) is 0 Å². The van der Waals surface area contributed by atoms with Crippen LogP contribution in [0.2, 0.25) is 0 Å². The Morgan fingerprint density at radius 1 is 1.14 bits per heavy atom. The fourth-order valence-corrected chi connectivity index (χ4v) is 6.84. The number of benzene rings is 1. The van der Waals surface area contributed by atoms with Crippen LogP contribution in [0.4, 0.5) is 11.8 Å². The molecule has 35 heavy (non-hydrogen) atoms. The molecule has 11 heteroatoms. The van der Waals surface area contributed by atoms with Gasteiger partial charge in [-0.05, 0) is 29.6 Å². The number of hydrogen-bond acceptors (Lipinski definition) is 8. The van der Waals surface area contributed by atoms with E-state index in [1.165, 1.54) is 6.26 Å². The average Bonchev–Trinajstić information content (AvgIpc) is 3.25. The topological polar surface area (TPSA) is 120 Å². The van der Waals surface area contributed by atoms with Gasteiger partial charge in [-0.1, -0.05) is 30.3 Å². The molecule has 1 aromatic heterocycles. The summed E-state index contributed by atoms with van der Waals surface area (Å²) in [6.07, 6.45) is 4.90. The minimum Gasteiger partial charge on any atom is -0.611 e. The fourth-order valence-electron chi connectivity index (χ4n) is 5.01. The molecule has 3 aliphatic heterocycles. The molecule has 1 N–H and O–H groups in total. The third-order valence-electron chi connectivity index (χ3n) is 7.05. The van der Waals surface area contributed by atoms with E-state index in [0.29, 0.717) is 61.7 Å². The standard InChI is InChI=1S/C24H31N5O4S2/c1-35(31,32)25-17-24(18-5-3-2-4-6-18)10-12-29(13-11-24)23-27-20-9-16-34(30)21(20)22(28-23)26-19-7-14-33-15-8-19/h2-6,25H,7-17H2,1H3. The number of aryl methyl sites for hydroxylation is 1. The van der Waals surface area contributed by atoms with Crippen molar-refractivity contribution in [2.75, 3.05) is 49.8 Å². The van der Waals surface area contributed by atoms with Crippen molar-refractivity contribution < 1.29 is 17.7 Å². The lowest BCUT2D eigenvalue weighted by molar-refractivity contribution is 0.135. The summed E-state index contributed by atoms with van der Waals surface area (Å²) in [4.78, 5) is 17.3. The van der Waals surface area contributed by atoms with E-state index in [9.17, 15) is 13.0 Å². The van der Waals surface area contributed by atoms with Gasteiger partial charge in [0.15, 0.2) is 0 Å². The Morgan fingerprint density at radius 3 is 2.54 bits per heavy atom. The molecule has 0 spiro atoms. The molecule has 3 aliphatic rings. The monoisotopic (exact) mass is 517 g/mol. The highest BCUT2D eigenvalue weighted by atomic mass is 32.2.